The van der Waals surface area contributed by atoms with Crippen molar-refractivity contribution < 1.29 is 9.18 Å². The average Bonchev–Trinajstić information content (AvgIpc) is 2.33. The van der Waals surface area contributed by atoms with Crippen LogP contribution in [0.15, 0.2) is 12.1 Å². The highest BCUT2D eigenvalue weighted by Crippen LogP contribution is 2.27. The van der Waals surface area contributed by atoms with Gasteiger partial charge in [-0.2, -0.15) is 11.8 Å². The maximum atomic E-state index is 13.5. The number of carbonyl (C=O) groups excluding carboxylic acids is 1. The molecule has 1 heterocycles. The van der Waals surface area contributed by atoms with E-state index in [-0.39, 0.29) is 11.6 Å². The first-order chi connectivity index (χ1) is 8.09. The largest absolute Gasteiger partial charge is 0.369 e. The SMILES string of the molecule is CC(=O)c1cc(F)c(C)cc1N1CCSCC1. The molecule has 2 nitrogen and oxygen atoms in total. The Kier molecular flexibility index (Phi) is 3.72. The highest BCUT2D eigenvalue weighted by Gasteiger charge is 2.18. The molecule has 1 aliphatic rings. The minimum Gasteiger partial charge on any atom is -0.369 e. The molecular weight excluding hydrogens is 237 g/mol. The molecule has 0 spiro atoms. The van der Waals surface area contributed by atoms with Crippen molar-refractivity contribution in [2.24, 2.45) is 0 Å². The first kappa shape index (κ1) is 12.4. The molecule has 17 heavy (non-hydrogen) atoms. The summed E-state index contributed by atoms with van der Waals surface area (Å²) in [6.45, 7) is 5.08. The Morgan fingerprint density at radius 1 is 1.35 bits per heavy atom. The van der Waals surface area contributed by atoms with Crippen LogP contribution in [0.2, 0.25) is 0 Å². The number of thioether (sulfide) groups is 1. The molecule has 2 rings (SSSR count). The number of ketones is 1. The van der Waals surface area contributed by atoms with Crippen LogP contribution in [0.5, 0.6) is 0 Å². The molecule has 1 aromatic carbocycles. The van der Waals surface area contributed by atoms with Crippen molar-refractivity contribution in [2.75, 3.05) is 29.5 Å². The van der Waals surface area contributed by atoms with Gasteiger partial charge < -0.3 is 4.90 Å². The van der Waals surface area contributed by atoms with E-state index in [2.05, 4.69) is 4.90 Å². The summed E-state index contributed by atoms with van der Waals surface area (Å²) < 4.78 is 13.5. The van der Waals surface area contributed by atoms with Crippen molar-refractivity contribution in [1.29, 1.82) is 0 Å². The zero-order chi connectivity index (χ0) is 12.4. The molecule has 0 aliphatic carbocycles. The van der Waals surface area contributed by atoms with Gasteiger partial charge in [-0.05, 0) is 31.5 Å². The number of halogens is 1. The number of benzene rings is 1. The third kappa shape index (κ3) is 2.63. The zero-order valence-corrected chi connectivity index (χ0v) is 10.9. The van der Waals surface area contributed by atoms with Crippen molar-refractivity contribution in [3.63, 3.8) is 0 Å². The monoisotopic (exact) mass is 253 g/mol. The third-order valence-corrected chi connectivity index (χ3v) is 3.95. The predicted molar refractivity (Wildman–Crippen MR) is 70.7 cm³/mol. The van der Waals surface area contributed by atoms with Gasteiger partial charge in [-0.15, -0.1) is 0 Å². The van der Waals surface area contributed by atoms with Crippen molar-refractivity contribution in [2.45, 2.75) is 13.8 Å². The number of anilines is 1. The number of Topliss-reactive ketones (excluding diaryl/α,β-unsaturated/α-hetero) is 1. The van der Waals surface area contributed by atoms with Gasteiger partial charge in [0, 0.05) is 35.8 Å². The summed E-state index contributed by atoms with van der Waals surface area (Å²) in [4.78, 5) is 13.8. The van der Waals surface area contributed by atoms with E-state index in [1.807, 2.05) is 11.8 Å². The van der Waals surface area contributed by atoms with Gasteiger partial charge in [0.2, 0.25) is 0 Å². The van der Waals surface area contributed by atoms with Gasteiger partial charge in [-0.3, -0.25) is 4.79 Å². The van der Waals surface area contributed by atoms with Gasteiger partial charge in [0.05, 0.1) is 0 Å². The van der Waals surface area contributed by atoms with Crippen LogP contribution in [0.4, 0.5) is 10.1 Å². The molecule has 1 aromatic rings. The molecule has 0 radical (unpaired) electrons. The van der Waals surface area contributed by atoms with E-state index >= 15 is 0 Å². The Labute approximate surface area is 105 Å². The van der Waals surface area contributed by atoms with Crippen LogP contribution in [0.25, 0.3) is 0 Å². The fourth-order valence-electron chi connectivity index (χ4n) is 2.01. The maximum Gasteiger partial charge on any atom is 0.161 e. The van der Waals surface area contributed by atoms with Gasteiger partial charge in [0.25, 0.3) is 0 Å². The van der Waals surface area contributed by atoms with Crippen LogP contribution >= 0.6 is 11.8 Å². The molecule has 0 amide bonds. The number of nitrogens with zero attached hydrogens (tertiary/aromatic N) is 1. The molecule has 1 saturated heterocycles. The van der Waals surface area contributed by atoms with E-state index in [1.54, 1.807) is 13.0 Å². The Morgan fingerprint density at radius 3 is 2.59 bits per heavy atom. The van der Waals surface area contributed by atoms with Gasteiger partial charge >= 0.3 is 0 Å². The number of aryl methyl sites for hydroxylation is 1. The fraction of sp³-hybridized carbons (Fsp3) is 0.462. The number of hydrogen-bond acceptors (Lipinski definition) is 3. The van der Waals surface area contributed by atoms with E-state index in [9.17, 15) is 9.18 Å². The second-order valence-electron chi connectivity index (χ2n) is 4.27. The Hall–Kier alpha value is -1.03. The smallest absolute Gasteiger partial charge is 0.161 e. The van der Waals surface area contributed by atoms with Gasteiger partial charge in [0.15, 0.2) is 5.78 Å². The quantitative estimate of drug-likeness (QED) is 0.756. The maximum absolute atomic E-state index is 13.5. The van der Waals surface area contributed by atoms with Crippen molar-refractivity contribution >= 4 is 23.2 Å². The normalized spacial score (nSPS) is 16.1. The molecule has 1 fully saturated rings. The van der Waals surface area contributed by atoms with Crippen molar-refractivity contribution in [3.05, 3.63) is 29.1 Å². The number of hydrogen-bond donors (Lipinski definition) is 0. The van der Waals surface area contributed by atoms with Crippen molar-refractivity contribution in [1.82, 2.24) is 0 Å². The first-order valence-electron chi connectivity index (χ1n) is 5.73. The molecular formula is C13H16FNOS. The van der Waals surface area contributed by atoms with E-state index in [1.165, 1.54) is 13.0 Å². The molecule has 0 bridgehead atoms. The molecule has 0 atom stereocenters. The standard InChI is InChI=1S/C13H16FNOS/c1-9-7-13(15-3-5-17-6-4-15)11(10(2)16)8-12(9)14/h7-8H,3-6H2,1-2H3. The van der Waals surface area contributed by atoms with Gasteiger partial charge in [0.1, 0.15) is 5.82 Å². The van der Waals surface area contributed by atoms with Crippen LogP contribution < -0.4 is 4.90 Å². The minimum atomic E-state index is -0.301. The molecule has 92 valence electrons. The fourth-order valence-corrected chi connectivity index (χ4v) is 2.92. The highest BCUT2D eigenvalue weighted by molar-refractivity contribution is 7.99. The summed E-state index contributed by atoms with van der Waals surface area (Å²) in [5.41, 5.74) is 1.99. The molecule has 4 heteroatoms. The summed E-state index contributed by atoms with van der Waals surface area (Å²) >= 11 is 1.91. The lowest BCUT2D eigenvalue weighted by Gasteiger charge is -2.30. The van der Waals surface area contributed by atoms with E-state index in [0.717, 1.165) is 30.3 Å². The second-order valence-corrected chi connectivity index (χ2v) is 5.50. The lowest BCUT2D eigenvalue weighted by Crippen LogP contribution is -2.33. The molecule has 0 N–H and O–H groups in total. The Bertz CT molecular complexity index is 441. The summed E-state index contributed by atoms with van der Waals surface area (Å²) in [6, 6.07) is 3.16. The summed E-state index contributed by atoms with van der Waals surface area (Å²) in [6.07, 6.45) is 0. The van der Waals surface area contributed by atoms with Crippen LogP contribution in [0.1, 0.15) is 22.8 Å². The molecule has 0 unspecified atom stereocenters. The van der Waals surface area contributed by atoms with Gasteiger partial charge in [-0.25, -0.2) is 4.39 Å². The Morgan fingerprint density at radius 2 is 2.00 bits per heavy atom. The topological polar surface area (TPSA) is 20.3 Å². The highest BCUT2D eigenvalue weighted by atomic mass is 32.2. The summed E-state index contributed by atoms with van der Waals surface area (Å²) in [5, 5.41) is 0. The van der Waals surface area contributed by atoms with Crippen LogP contribution in [0.3, 0.4) is 0 Å². The Balaban J connectivity index is 2.42. The van der Waals surface area contributed by atoms with E-state index < -0.39 is 0 Å². The van der Waals surface area contributed by atoms with Crippen molar-refractivity contribution in [3.8, 4) is 0 Å². The number of carbonyl (C=O) groups is 1. The van der Waals surface area contributed by atoms with Crippen LogP contribution in [-0.4, -0.2) is 30.4 Å². The zero-order valence-electron chi connectivity index (χ0n) is 10.1. The predicted octanol–water partition coefficient (Wildman–Crippen LogP) is 2.89. The van der Waals surface area contributed by atoms with E-state index in [0.29, 0.717) is 11.1 Å². The average molecular weight is 253 g/mol. The third-order valence-electron chi connectivity index (χ3n) is 3.01. The van der Waals surface area contributed by atoms with Gasteiger partial charge in [-0.1, -0.05) is 0 Å². The second kappa shape index (κ2) is 5.08. The lowest BCUT2D eigenvalue weighted by atomic mass is 10.0. The lowest BCUT2D eigenvalue weighted by molar-refractivity contribution is 0.101. The minimum absolute atomic E-state index is 0.0721. The van der Waals surface area contributed by atoms with Crippen LogP contribution in [-0.2, 0) is 0 Å². The first-order valence-corrected chi connectivity index (χ1v) is 6.89. The number of rotatable bonds is 2. The summed E-state index contributed by atoms with van der Waals surface area (Å²) in [7, 11) is 0. The van der Waals surface area contributed by atoms with Crippen LogP contribution in [0, 0.1) is 12.7 Å². The van der Waals surface area contributed by atoms with E-state index in [4.69, 9.17) is 0 Å². The molecule has 0 aromatic heterocycles. The summed E-state index contributed by atoms with van der Waals surface area (Å²) in [5.74, 6) is 1.75. The molecule has 0 saturated carbocycles. The molecule has 1 aliphatic heterocycles.